The van der Waals surface area contributed by atoms with E-state index >= 15 is 0 Å². The maximum Gasteiger partial charge on any atom is 0.214 e. The van der Waals surface area contributed by atoms with Crippen LogP contribution in [0.3, 0.4) is 0 Å². The zero-order chi connectivity index (χ0) is 22.6. The van der Waals surface area contributed by atoms with Crippen molar-refractivity contribution in [3.63, 3.8) is 0 Å². The van der Waals surface area contributed by atoms with Crippen molar-refractivity contribution in [3.05, 3.63) is 95.0 Å². The minimum atomic E-state index is -4.15. The third-order valence-electron chi connectivity index (χ3n) is 6.14. The Bertz CT molecular complexity index is 1350. The van der Waals surface area contributed by atoms with E-state index < -0.39 is 29.9 Å². The third-order valence-corrected chi connectivity index (χ3v) is 11.4. The number of halogens is 1. The van der Waals surface area contributed by atoms with Gasteiger partial charge in [-0.05, 0) is 42.0 Å². The highest BCUT2D eigenvalue weighted by molar-refractivity contribution is 9.10. The molecule has 0 aliphatic carbocycles. The first-order valence-corrected chi connectivity index (χ1v) is 13.9. The Kier molecular flexibility index (Phi) is 5.29. The summed E-state index contributed by atoms with van der Waals surface area (Å²) in [7, 11) is -8.14. The predicted molar refractivity (Wildman–Crippen MR) is 123 cm³/mol. The molecule has 0 N–H and O–H groups in total. The van der Waals surface area contributed by atoms with E-state index in [2.05, 4.69) is 15.9 Å². The largest absolute Gasteiger partial charge is 0.274 e. The van der Waals surface area contributed by atoms with Crippen LogP contribution < -0.4 is 0 Å². The number of hydrogen-bond acceptors (Lipinski definition) is 6. The average Bonchev–Trinajstić information content (AvgIpc) is 3.40. The lowest BCUT2D eigenvalue weighted by Crippen LogP contribution is -2.52. The molecule has 0 amide bonds. The smallest absolute Gasteiger partial charge is 0.214 e. The summed E-state index contributed by atoms with van der Waals surface area (Å²) in [5.74, 6) is 0. The zero-order valence-corrected chi connectivity index (χ0v) is 20.1. The molecule has 2 saturated heterocycles. The van der Waals surface area contributed by atoms with Crippen LogP contribution in [0.25, 0.3) is 0 Å². The lowest BCUT2D eigenvalue weighted by Gasteiger charge is -2.32. The van der Waals surface area contributed by atoms with Gasteiger partial charge in [-0.15, -0.1) is 0 Å². The lowest BCUT2D eigenvalue weighted by atomic mass is 9.96. The van der Waals surface area contributed by atoms with Crippen LogP contribution in [0.2, 0.25) is 0 Å². The predicted octanol–water partition coefficient (Wildman–Crippen LogP) is 4.15. The molecule has 3 aromatic carbocycles. The van der Waals surface area contributed by atoms with Gasteiger partial charge in [0.15, 0.2) is 9.84 Å². The normalized spacial score (nSPS) is 27.5. The quantitative estimate of drug-likeness (QED) is 0.489. The molecule has 0 radical (unpaired) electrons. The SMILES string of the molecule is O=S(=O)(c1ccccc1)[C@@H]1CN2OC1(S(=O)(=O)c1ccccc1)C[C@@H]2c1ccc(Br)cc1. The molecule has 0 aromatic heterocycles. The molecule has 6 nitrogen and oxygen atoms in total. The summed E-state index contributed by atoms with van der Waals surface area (Å²) >= 11 is 3.41. The van der Waals surface area contributed by atoms with Crippen LogP contribution in [0.1, 0.15) is 18.0 Å². The van der Waals surface area contributed by atoms with Gasteiger partial charge >= 0.3 is 0 Å². The Hall–Kier alpha value is -2.04. The van der Waals surface area contributed by atoms with Crippen LogP contribution in [0.5, 0.6) is 0 Å². The van der Waals surface area contributed by atoms with Crippen LogP contribution in [0.4, 0.5) is 0 Å². The Labute approximate surface area is 195 Å². The highest BCUT2D eigenvalue weighted by Crippen LogP contribution is 2.55. The fourth-order valence-corrected chi connectivity index (χ4v) is 9.29. The molecule has 2 heterocycles. The Morgan fingerprint density at radius 3 is 1.97 bits per heavy atom. The summed E-state index contributed by atoms with van der Waals surface area (Å²) in [5.41, 5.74) is 0.869. The number of hydrogen-bond donors (Lipinski definition) is 0. The summed E-state index contributed by atoms with van der Waals surface area (Å²) in [6.07, 6.45) is 0.0165. The first-order valence-electron chi connectivity index (χ1n) is 10.1. The van der Waals surface area contributed by atoms with E-state index in [4.69, 9.17) is 4.84 Å². The van der Waals surface area contributed by atoms with E-state index in [1.54, 1.807) is 36.4 Å². The summed E-state index contributed by atoms with van der Waals surface area (Å²) < 4.78 is 56.0. The fourth-order valence-electron chi connectivity index (χ4n) is 4.54. The molecule has 2 bridgehead atoms. The van der Waals surface area contributed by atoms with Crippen LogP contribution in [0, 0.1) is 0 Å². The monoisotopic (exact) mass is 533 g/mol. The molecule has 2 unspecified atom stereocenters. The number of fused-ring (bicyclic) bond motifs is 2. The van der Waals surface area contributed by atoms with Crippen molar-refractivity contribution in [2.75, 3.05) is 6.54 Å². The number of hydroxylamine groups is 2. The maximum absolute atomic E-state index is 13.9. The average molecular weight is 534 g/mol. The van der Waals surface area contributed by atoms with Gasteiger partial charge < -0.3 is 0 Å². The first-order chi connectivity index (χ1) is 15.3. The maximum atomic E-state index is 13.9. The molecule has 2 aliphatic heterocycles. The summed E-state index contributed by atoms with van der Waals surface area (Å²) in [4.78, 5) is 4.27. The first kappa shape index (κ1) is 21.8. The van der Waals surface area contributed by atoms with Crippen molar-refractivity contribution in [1.29, 1.82) is 0 Å². The molecule has 166 valence electrons. The van der Waals surface area contributed by atoms with E-state index in [0.29, 0.717) is 0 Å². The number of piperidine rings is 1. The standard InChI is InChI=1S/C23H20BrNO5S2/c24-18-13-11-17(12-14-18)21-15-23(32(28,29)20-9-5-2-6-10-20)22(16-25(21)30-23)31(26,27)19-7-3-1-4-8-19/h1-14,21-22H,15-16H2/t21-,22-,23?/m1/s1. The molecule has 32 heavy (non-hydrogen) atoms. The molecular formula is C23H20BrNO5S2. The van der Waals surface area contributed by atoms with Crippen LogP contribution in [0.15, 0.2) is 99.2 Å². The van der Waals surface area contributed by atoms with Crippen LogP contribution in [-0.4, -0.2) is 38.6 Å². The molecule has 9 heteroatoms. The minimum Gasteiger partial charge on any atom is -0.274 e. The van der Waals surface area contributed by atoms with Gasteiger partial charge in [0, 0.05) is 17.4 Å². The molecule has 4 atom stereocenters. The van der Waals surface area contributed by atoms with Gasteiger partial charge in [-0.25, -0.2) is 16.8 Å². The van der Waals surface area contributed by atoms with Crippen molar-refractivity contribution < 1.29 is 21.7 Å². The van der Waals surface area contributed by atoms with E-state index in [0.717, 1.165) is 10.0 Å². The van der Waals surface area contributed by atoms with Gasteiger partial charge in [-0.1, -0.05) is 64.5 Å². The third kappa shape index (κ3) is 3.26. The topological polar surface area (TPSA) is 80.8 Å². The molecule has 2 fully saturated rings. The van der Waals surface area contributed by atoms with Crippen molar-refractivity contribution in [1.82, 2.24) is 5.06 Å². The summed E-state index contributed by atoms with van der Waals surface area (Å²) in [5, 5.41) is 0.267. The van der Waals surface area contributed by atoms with Crippen LogP contribution in [-0.2, 0) is 24.5 Å². The minimum absolute atomic E-state index is 0.0165. The summed E-state index contributed by atoms with van der Waals surface area (Å²) in [6.45, 7) is -0.0377. The van der Waals surface area contributed by atoms with E-state index in [-0.39, 0.29) is 28.8 Å². The molecule has 0 saturated carbocycles. The second-order valence-corrected chi connectivity index (χ2v) is 13.2. The molecule has 0 spiro atoms. The number of rotatable bonds is 5. The Morgan fingerprint density at radius 2 is 1.38 bits per heavy atom. The Morgan fingerprint density at radius 1 is 0.812 bits per heavy atom. The van der Waals surface area contributed by atoms with Gasteiger partial charge in [0.2, 0.25) is 14.8 Å². The lowest BCUT2D eigenvalue weighted by molar-refractivity contribution is -0.125. The van der Waals surface area contributed by atoms with E-state index in [1.807, 2.05) is 24.3 Å². The van der Waals surface area contributed by atoms with Gasteiger partial charge in [-0.2, -0.15) is 5.06 Å². The fraction of sp³-hybridized carbons (Fsp3) is 0.217. The van der Waals surface area contributed by atoms with E-state index in [9.17, 15) is 16.8 Å². The van der Waals surface area contributed by atoms with Gasteiger partial charge in [-0.3, -0.25) is 4.84 Å². The molecular weight excluding hydrogens is 514 g/mol. The van der Waals surface area contributed by atoms with E-state index in [1.165, 1.54) is 29.3 Å². The summed E-state index contributed by atoms with van der Waals surface area (Å²) in [6, 6.07) is 23.1. The second-order valence-electron chi connectivity index (χ2n) is 7.94. The molecule has 3 aromatic rings. The molecule has 5 rings (SSSR count). The highest BCUT2D eigenvalue weighted by atomic mass is 79.9. The van der Waals surface area contributed by atoms with Gasteiger partial charge in [0.05, 0.1) is 15.8 Å². The van der Waals surface area contributed by atoms with Gasteiger partial charge in [0.25, 0.3) is 0 Å². The van der Waals surface area contributed by atoms with Crippen LogP contribution >= 0.6 is 15.9 Å². The number of sulfone groups is 2. The molecule has 2 aliphatic rings. The Balaban J connectivity index is 1.65. The number of nitrogens with zero attached hydrogens (tertiary/aromatic N) is 1. The van der Waals surface area contributed by atoms with Crippen molar-refractivity contribution >= 4 is 35.6 Å². The van der Waals surface area contributed by atoms with Crippen molar-refractivity contribution in [2.24, 2.45) is 0 Å². The van der Waals surface area contributed by atoms with Gasteiger partial charge in [0.1, 0.15) is 5.25 Å². The van der Waals surface area contributed by atoms with Crippen molar-refractivity contribution in [2.45, 2.75) is 32.4 Å². The van der Waals surface area contributed by atoms with Crippen molar-refractivity contribution in [3.8, 4) is 0 Å². The number of benzene rings is 3. The second kappa shape index (κ2) is 7.78. The zero-order valence-electron chi connectivity index (χ0n) is 16.8. The highest BCUT2D eigenvalue weighted by Gasteiger charge is 2.69.